The van der Waals surface area contributed by atoms with Crippen LogP contribution in [0.25, 0.3) is 22.0 Å². The zero-order valence-corrected chi connectivity index (χ0v) is 14.5. The summed E-state index contributed by atoms with van der Waals surface area (Å²) in [6.45, 7) is 4.82. The highest BCUT2D eigenvalue weighted by Crippen LogP contribution is 2.28. The third kappa shape index (κ3) is 2.98. The Hall–Kier alpha value is -2.09. The van der Waals surface area contributed by atoms with Crippen LogP contribution >= 0.6 is 11.3 Å². The van der Waals surface area contributed by atoms with Crippen LogP contribution in [0.2, 0.25) is 0 Å². The molecule has 1 aliphatic heterocycles. The van der Waals surface area contributed by atoms with Crippen molar-refractivity contribution in [1.82, 2.24) is 25.3 Å². The monoisotopic (exact) mass is 341 g/mol. The third-order valence-electron chi connectivity index (χ3n) is 4.23. The van der Waals surface area contributed by atoms with Crippen LogP contribution in [0.1, 0.15) is 17.6 Å². The molecule has 0 saturated carbocycles. The molecule has 0 radical (unpaired) electrons. The molecule has 0 bridgehead atoms. The largest absolute Gasteiger partial charge is 0.334 e. The predicted octanol–water partition coefficient (Wildman–Crippen LogP) is 2.74. The summed E-state index contributed by atoms with van der Waals surface area (Å²) in [5, 5.41) is 10.6. The molecule has 0 spiro atoms. The van der Waals surface area contributed by atoms with Crippen molar-refractivity contribution in [3.63, 3.8) is 0 Å². The SMILES string of the molecule is Cc1csc(-c2cccc(-c3nc(C4CNCCN4C)no3)c2)n1. The fourth-order valence-electron chi connectivity index (χ4n) is 2.85. The van der Waals surface area contributed by atoms with E-state index in [1.54, 1.807) is 11.3 Å². The van der Waals surface area contributed by atoms with Crippen molar-refractivity contribution in [2.24, 2.45) is 0 Å². The Morgan fingerprint density at radius 1 is 1.29 bits per heavy atom. The number of nitrogens with zero attached hydrogens (tertiary/aromatic N) is 4. The number of rotatable bonds is 3. The zero-order valence-electron chi connectivity index (χ0n) is 13.7. The second kappa shape index (κ2) is 6.43. The Kier molecular flexibility index (Phi) is 4.13. The lowest BCUT2D eigenvalue weighted by Crippen LogP contribution is -2.44. The van der Waals surface area contributed by atoms with E-state index in [4.69, 9.17) is 4.52 Å². The molecular weight excluding hydrogens is 322 g/mol. The molecule has 1 saturated heterocycles. The molecule has 1 atom stereocenters. The molecule has 1 aromatic carbocycles. The average Bonchev–Trinajstić information content (AvgIpc) is 3.25. The number of thiazole rings is 1. The first-order valence-corrected chi connectivity index (χ1v) is 8.86. The highest BCUT2D eigenvalue weighted by Gasteiger charge is 2.25. The third-order valence-corrected chi connectivity index (χ3v) is 5.24. The van der Waals surface area contributed by atoms with Gasteiger partial charge in [-0.2, -0.15) is 4.98 Å². The van der Waals surface area contributed by atoms with Crippen molar-refractivity contribution in [3.05, 3.63) is 41.2 Å². The standard InChI is InChI=1S/C17H19N5OS/c1-11-10-24-17(19-11)13-5-3-4-12(8-13)16-20-15(21-23-16)14-9-18-6-7-22(14)2/h3-5,8,10,14,18H,6-7,9H2,1-2H3. The summed E-state index contributed by atoms with van der Waals surface area (Å²) in [4.78, 5) is 11.4. The summed E-state index contributed by atoms with van der Waals surface area (Å²) >= 11 is 1.64. The lowest BCUT2D eigenvalue weighted by atomic mass is 10.1. The lowest BCUT2D eigenvalue weighted by molar-refractivity contribution is 0.190. The van der Waals surface area contributed by atoms with E-state index >= 15 is 0 Å². The second-order valence-electron chi connectivity index (χ2n) is 6.03. The van der Waals surface area contributed by atoms with Crippen molar-refractivity contribution in [3.8, 4) is 22.0 Å². The molecule has 4 rings (SSSR count). The first kappa shape index (κ1) is 15.4. The normalized spacial score (nSPS) is 18.8. The topological polar surface area (TPSA) is 67.1 Å². The van der Waals surface area contributed by atoms with Gasteiger partial charge in [-0.25, -0.2) is 4.98 Å². The molecule has 6 nitrogen and oxygen atoms in total. The van der Waals surface area contributed by atoms with Gasteiger partial charge in [0.05, 0.1) is 6.04 Å². The molecule has 3 aromatic rings. The van der Waals surface area contributed by atoms with Gasteiger partial charge in [-0.05, 0) is 26.1 Å². The molecule has 1 unspecified atom stereocenters. The summed E-state index contributed by atoms with van der Waals surface area (Å²) in [6, 6.07) is 8.25. The van der Waals surface area contributed by atoms with E-state index in [1.165, 1.54) is 0 Å². The number of hydrogen-bond donors (Lipinski definition) is 1. The van der Waals surface area contributed by atoms with Crippen LogP contribution in [0, 0.1) is 6.92 Å². The molecular formula is C17H19N5OS. The van der Waals surface area contributed by atoms with Gasteiger partial charge in [-0.3, -0.25) is 4.90 Å². The van der Waals surface area contributed by atoms with Crippen LogP contribution in [0.4, 0.5) is 0 Å². The van der Waals surface area contributed by atoms with E-state index in [0.717, 1.165) is 47.3 Å². The molecule has 1 fully saturated rings. The van der Waals surface area contributed by atoms with Crippen molar-refractivity contribution in [2.45, 2.75) is 13.0 Å². The Bertz CT molecular complexity index is 843. The molecule has 7 heteroatoms. The predicted molar refractivity (Wildman–Crippen MR) is 93.8 cm³/mol. The second-order valence-corrected chi connectivity index (χ2v) is 6.89. The van der Waals surface area contributed by atoms with Gasteiger partial charge in [-0.15, -0.1) is 11.3 Å². The van der Waals surface area contributed by atoms with Crippen LogP contribution < -0.4 is 5.32 Å². The van der Waals surface area contributed by atoms with Crippen LogP contribution in [0.5, 0.6) is 0 Å². The maximum absolute atomic E-state index is 5.52. The Morgan fingerprint density at radius 3 is 2.96 bits per heavy atom. The van der Waals surface area contributed by atoms with Gasteiger partial charge in [0.25, 0.3) is 5.89 Å². The van der Waals surface area contributed by atoms with E-state index < -0.39 is 0 Å². The van der Waals surface area contributed by atoms with E-state index in [0.29, 0.717) is 5.89 Å². The van der Waals surface area contributed by atoms with Crippen molar-refractivity contribution in [1.29, 1.82) is 0 Å². The Balaban J connectivity index is 1.62. The van der Waals surface area contributed by atoms with Crippen LogP contribution in [0.3, 0.4) is 0 Å². The van der Waals surface area contributed by atoms with Gasteiger partial charge >= 0.3 is 0 Å². The van der Waals surface area contributed by atoms with Crippen LogP contribution in [-0.2, 0) is 0 Å². The summed E-state index contributed by atoms with van der Waals surface area (Å²) in [6.07, 6.45) is 0. The van der Waals surface area contributed by atoms with Crippen LogP contribution in [0.15, 0.2) is 34.2 Å². The van der Waals surface area contributed by atoms with E-state index in [9.17, 15) is 0 Å². The maximum atomic E-state index is 5.52. The smallest absolute Gasteiger partial charge is 0.258 e. The van der Waals surface area contributed by atoms with Gasteiger partial charge in [0.2, 0.25) is 0 Å². The van der Waals surface area contributed by atoms with E-state index in [-0.39, 0.29) is 6.04 Å². The maximum Gasteiger partial charge on any atom is 0.258 e. The minimum atomic E-state index is 0.154. The molecule has 1 N–H and O–H groups in total. The number of hydrogen-bond acceptors (Lipinski definition) is 7. The average molecular weight is 341 g/mol. The fourth-order valence-corrected chi connectivity index (χ4v) is 3.65. The summed E-state index contributed by atoms with van der Waals surface area (Å²) in [5.41, 5.74) is 3.03. The minimum absolute atomic E-state index is 0.154. The molecule has 1 aliphatic rings. The van der Waals surface area contributed by atoms with Gasteiger partial charge in [-0.1, -0.05) is 17.3 Å². The lowest BCUT2D eigenvalue weighted by Gasteiger charge is -2.30. The van der Waals surface area contributed by atoms with Crippen LogP contribution in [-0.4, -0.2) is 46.7 Å². The molecule has 0 amide bonds. The van der Waals surface area contributed by atoms with Crippen molar-refractivity contribution >= 4 is 11.3 Å². The van der Waals surface area contributed by atoms with Crippen molar-refractivity contribution < 1.29 is 4.52 Å². The summed E-state index contributed by atoms with van der Waals surface area (Å²) in [5.74, 6) is 1.29. The number of aryl methyl sites for hydroxylation is 1. The molecule has 2 aromatic heterocycles. The fraction of sp³-hybridized carbons (Fsp3) is 0.353. The number of benzene rings is 1. The minimum Gasteiger partial charge on any atom is -0.334 e. The quantitative estimate of drug-likeness (QED) is 0.790. The number of likely N-dealkylation sites (N-methyl/N-ethyl adjacent to an activating group) is 1. The first-order chi connectivity index (χ1) is 11.7. The van der Waals surface area contributed by atoms with Gasteiger partial charge in [0.15, 0.2) is 5.82 Å². The molecule has 24 heavy (non-hydrogen) atoms. The Morgan fingerprint density at radius 2 is 2.17 bits per heavy atom. The van der Waals surface area contributed by atoms with E-state index in [1.807, 2.05) is 19.1 Å². The highest BCUT2D eigenvalue weighted by atomic mass is 32.1. The summed E-state index contributed by atoms with van der Waals surface area (Å²) < 4.78 is 5.52. The number of nitrogens with one attached hydrogen (secondary N) is 1. The zero-order chi connectivity index (χ0) is 16.5. The molecule has 0 aliphatic carbocycles. The van der Waals surface area contributed by atoms with Crippen molar-refractivity contribution in [2.75, 3.05) is 26.7 Å². The number of aromatic nitrogens is 3. The molecule has 124 valence electrons. The highest BCUT2D eigenvalue weighted by molar-refractivity contribution is 7.13. The molecule has 3 heterocycles. The van der Waals surface area contributed by atoms with Gasteiger partial charge in [0.1, 0.15) is 5.01 Å². The number of piperazine rings is 1. The first-order valence-electron chi connectivity index (χ1n) is 7.98. The van der Waals surface area contributed by atoms with Gasteiger partial charge in [0, 0.05) is 41.8 Å². The Labute approximate surface area is 144 Å². The van der Waals surface area contributed by atoms with Gasteiger partial charge < -0.3 is 9.84 Å². The summed E-state index contributed by atoms with van der Waals surface area (Å²) in [7, 11) is 2.09. The van der Waals surface area contributed by atoms with E-state index in [2.05, 4.69) is 49.9 Å².